The van der Waals surface area contributed by atoms with Gasteiger partial charge in [-0.1, -0.05) is 0 Å². The zero-order chi connectivity index (χ0) is 19.4. The van der Waals surface area contributed by atoms with Crippen LogP contribution in [0.15, 0.2) is 24.3 Å². The maximum absolute atomic E-state index is 12.3. The summed E-state index contributed by atoms with van der Waals surface area (Å²) in [5.41, 5.74) is 2.40. The molecule has 9 nitrogen and oxygen atoms in total. The number of carbonyl (C=O) groups is 2. The average Bonchev–Trinajstić information content (AvgIpc) is 3.23. The number of hydrogen-bond acceptors (Lipinski definition) is 7. The summed E-state index contributed by atoms with van der Waals surface area (Å²) in [6.45, 7) is 1.99. The van der Waals surface area contributed by atoms with Crippen LogP contribution in [0.5, 0.6) is 0 Å². The molecule has 0 radical (unpaired) electrons. The summed E-state index contributed by atoms with van der Waals surface area (Å²) < 4.78 is 6.41. The fraction of sp³-hybridized carbons (Fsp3) is 0.353. The normalized spacial score (nSPS) is 12.5. The lowest BCUT2D eigenvalue weighted by molar-refractivity contribution is -0.384. The summed E-state index contributed by atoms with van der Waals surface area (Å²) in [5.74, 6) is 1.26. The lowest BCUT2D eigenvalue weighted by Crippen LogP contribution is -2.17. The fourth-order valence-electron chi connectivity index (χ4n) is 2.69. The second kappa shape index (κ2) is 8.21. The first kappa shape index (κ1) is 18.9. The van der Waals surface area contributed by atoms with Crippen molar-refractivity contribution in [3.05, 3.63) is 45.6 Å². The minimum Gasteiger partial charge on any atom is -0.466 e. The monoisotopic (exact) mass is 390 g/mol. The predicted molar refractivity (Wildman–Crippen MR) is 99.7 cm³/mol. The second-order valence-electron chi connectivity index (χ2n) is 5.81. The summed E-state index contributed by atoms with van der Waals surface area (Å²) in [5, 5.41) is 18.2. The van der Waals surface area contributed by atoms with Crippen LogP contribution in [0, 0.1) is 10.1 Å². The van der Waals surface area contributed by atoms with Crippen molar-refractivity contribution in [1.82, 2.24) is 9.78 Å². The Balaban J connectivity index is 1.81. The minimum atomic E-state index is -0.471. The highest BCUT2D eigenvalue weighted by Crippen LogP contribution is 2.36. The smallest absolute Gasteiger partial charge is 0.306 e. The van der Waals surface area contributed by atoms with E-state index < -0.39 is 10.9 Å². The Kier molecular flexibility index (Phi) is 5.75. The molecule has 1 N–H and O–H groups in total. The van der Waals surface area contributed by atoms with Crippen LogP contribution in [0.1, 0.15) is 31.0 Å². The van der Waals surface area contributed by atoms with Gasteiger partial charge >= 0.3 is 5.97 Å². The van der Waals surface area contributed by atoms with Crippen LogP contribution in [0.3, 0.4) is 0 Å². The van der Waals surface area contributed by atoms with E-state index in [0.717, 1.165) is 22.8 Å². The van der Waals surface area contributed by atoms with Crippen LogP contribution >= 0.6 is 11.8 Å². The highest BCUT2D eigenvalue weighted by molar-refractivity contribution is 7.98. The van der Waals surface area contributed by atoms with Crippen molar-refractivity contribution in [3.63, 3.8) is 0 Å². The number of nitro benzene ring substituents is 1. The number of non-ortho nitro benzene ring substituents is 1. The van der Waals surface area contributed by atoms with Gasteiger partial charge in [0.2, 0.25) is 5.91 Å². The Labute approximate surface area is 159 Å². The molecule has 1 aromatic heterocycles. The van der Waals surface area contributed by atoms with Gasteiger partial charge in [0.15, 0.2) is 0 Å². The van der Waals surface area contributed by atoms with E-state index in [4.69, 9.17) is 4.74 Å². The van der Waals surface area contributed by atoms with Crippen molar-refractivity contribution >= 4 is 35.1 Å². The lowest BCUT2D eigenvalue weighted by Gasteiger charge is -2.11. The van der Waals surface area contributed by atoms with Crippen LogP contribution in [0.2, 0.25) is 0 Å². The van der Waals surface area contributed by atoms with Crippen molar-refractivity contribution in [2.24, 2.45) is 0 Å². The van der Waals surface area contributed by atoms with E-state index in [1.807, 2.05) is 0 Å². The molecule has 1 aromatic carbocycles. The number of hydrogen-bond donors (Lipinski definition) is 1. The van der Waals surface area contributed by atoms with Gasteiger partial charge in [-0.05, 0) is 19.1 Å². The van der Waals surface area contributed by atoms with Gasteiger partial charge < -0.3 is 10.1 Å². The third kappa shape index (κ3) is 4.27. The van der Waals surface area contributed by atoms with Gasteiger partial charge in [0.25, 0.3) is 5.69 Å². The number of benzene rings is 1. The number of nitrogens with one attached hydrogen (secondary N) is 1. The van der Waals surface area contributed by atoms with Crippen molar-refractivity contribution in [1.29, 1.82) is 0 Å². The number of ether oxygens (including phenoxy) is 1. The van der Waals surface area contributed by atoms with E-state index in [9.17, 15) is 19.7 Å². The van der Waals surface area contributed by atoms with Gasteiger partial charge in [-0.3, -0.25) is 19.7 Å². The molecular weight excluding hydrogens is 372 g/mol. The number of anilines is 1. The second-order valence-corrected chi connectivity index (χ2v) is 6.79. The molecule has 1 aliphatic rings. The first-order chi connectivity index (χ1) is 13.0. The number of carbonyl (C=O) groups excluding carboxylic acids is 2. The molecule has 0 saturated carbocycles. The summed E-state index contributed by atoms with van der Waals surface area (Å²) in [6.07, 6.45) is 0.00841. The van der Waals surface area contributed by atoms with Crippen molar-refractivity contribution in [2.75, 3.05) is 11.9 Å². The van der Waals surface area contributed by atoms with Crippen molar-refractivity contribution in [3.8, 4) is 5.69 Å². The first-order valence-corrected chi connectivity index (χ1v) is 9.54. The molecule has 0 fully saturated rings. The van der Waals surface area contributed by atoms with Gasteiger partial charge in [0.05, 0.1) is 29.3 Å². The summed E-state index contributed by atoms with van der Waals surface area (Å²) in [6, 6.07) is 5.95. The number of aromatic nitrogens is 2. The highest BCUT2D eigenvalue weighted by atomic mass is 32.2. The van der Waals surface area contributed by atoms with Crippen LogP contribution in [0.25, 0.3) is 5.69 Å². The van der Waals surface area contributed by atoms with E-state index in [-0.39, 0.29) is 31.0 Å². The molecule has 1 amide bonds. The van der Waals surface area contributed by atoms with Gasteiger partial charge in [0.1, 0.15) is 5.82 Å². The molecule has 2 heterocycles. The molecule has 0 atom stereocenters. The Bertz CT molecular complexity index is 878. The van der Waals surface area contributed by atoms with Crippen LogP contribution < -0.4 is 5.32 Å². The van der Waals surface area contributed by atoms with Crippen LogP contribution in [-0.2, 0) is 25.8 Å². The first-order valence-electron chi connectivity index (χ1n) is 8.38. The van der Waals surface area contributed by atoms with Gasteiger partial charge in [-0.25, -0.2) is 4.68 Å². The number of nitrogens with zero attached hydrogens (tertiary/aromatic N) is 3. The summed E-state index contributed by atoms with van der Waals surface area (Å²) in [7, 11) is 0. The van der Waals surface area contributed by atoms with Crippen molar-refractivity contribution < 1.29 is 19.2 Å². The van der Waals surface area contributed by atoms with E-state index in [0.29, 0.717) is 11.5 Å². The number of esters is 1. The Morgan fingerprint density at radius 3 is 2.70 bits per heavy atom. The quantitative estimate of drug-likeness (QED) is 0.439. The van der Waals surface area contributed by atoms with E-state index in [1.54, 1.807) is 35.5 Å². The van der Waals surface area contributed by atoms with Gasteiger partial charge in [-0.15, -0.1) is 0 Å². The Morgan fingerprint density at radius 1 is 1.30 bits per heavy atom. The molecule has 142 valence electrons. The maximum Gasteiger partial charge on any atom is 0.306 e. The molecule has 0 saturated heterocycles. The molecule has 27 heavy (non-hydrogen) atoms. The number of fused-ring (bicyclic) bond motifs is 1. The van der Waals surface area contributed by atoms with Crippen molar-refractivity contribution in [2.45, 2.75) is 31.3 Å². The number of thioether (sulfide) groups is 1. The third-order valence-electron chi connectivity index (χ3n) is 3.98. The maximum atomic E-state index is 12.3. The summed E-state index contributed by atoms with van der Waals surface area (Å²) >= 11 is 1.70. The highest BCUT2D eigenvalue weighted by Gasteiger charge is 2.25. The predicted octanol–water partition coefficient (Wildman–Crippen LogP) is 2.81. The Hall–Kier alpha value is -2.88. The molecule has 3 rings (SSSR count). The Morgan fingerprint density at radius 2 is 2.04 bits per heavy atom. The average molecular weight is 390 g/mol. The minimum absolute atomic E-state index is 0.00226. The molecule has 0 spiro atoms. The van der Waals surface area contributed by atoms with Crippen LogP contribution in [-0.4, -0.2) is 33.2 Å². The third-order valence-corrected chi connectivity index (χ3v) is 4.95. The zero-order valence-electron chi connectivity index (χ0n) is 14.6. The molecule has 0 unspecified atom stereocenters. The van der Waals surface area contributed by atoms with Gasteiger partial charge in [-0.2, -0.15) is 16.9 Å². The standard InChI is InChI=1S/C17H18N4O5S/c1-2-26-16(23)8-7-15(22)18-17-13-9-27-10-14(13)19-20(17)11-3-5-12(6-4-11)21(24)25/h3-6H,2,7-10H2,1H3,(H,18,22). The number of nitro groups is 1. The van der Waals surface area contributed by atoms with Gasteiger partial charge in [0, 0.05) is 35.6 Å². The topological polar surface area (TPSA) is 116 Å². The molecule has 0 aliphatic carbocycles. The van der Waals surface area contributed by atoms with E-state index in [1.165, 1.54) is 12.1 Å². The molecule has 2 aromatic rings. The number of rotatable bonds is 7. The molecule has 1 aliphatic heterocycles. The van der Waals surface area contributed by atoms with E-state index in [2.05, 4.69) is 10.4 Å². The lowest BCUT2D eigenvalue weighted by atomic mass is 10.2. The molecule has 10 heteroatoms. The number of amides is 1. The van der Waals surface area contributed by atoms with E-state index >= 15 is 0 Å². The zero-order valence-corrected chi connectivity index (χ0v) is 15.5. The fourth-order valence-corrected chi connectivity index (χ4v) is 3.72. The SMILES string of the molecule is CCOC(=O)CCC(=O)Nc1c2c(nn1-c1ccc([N+](=O)[O-])cc1)CSC2. The largest absolute Gasteiger partial charge is 0.466 e. The summed E-state index contributed by atoms with van der Waals surface area (Å²) in [4.78, 5) is 34.1. The van der Waals surface area contributed by atoms with Crippen LogP contribution in [0.4, 0.5) is 11.5 Å². The molecule has 0 bridgehead atoms. The molecular formula is C17H18N4O5S.